The van der Waals surface area contributed by atoms with Gasteiger partial charge in [0, 0.05) is 18.7 Å². The third-order valence-corrected chi connectivity index (χ3v) is 2.51. The molecule has 0 saturated carbocycles. The van der Waals surface area contributed by atoms with Gasteiger partial charge in [0.1, 0.15) is 0 Å². The minimum atomic E-state index is -0.0722. The number of nitrogens with zero attached hydrogens (tertiary/aromatic N) is 1. The van der Waals surface area contributed by atoms with Crippen molar-refractivity contribution in [2.75, 3.05) is 12.4 Å². The molecule has 0 saturated heterocycles. The molecule has 1 aromatic rings. The van der Waals surface area contributed by atoms with Gasteiger partial charge in [-0.3, -0.25) is 15.2 Å². The average Bonchev–Trinajstić information content (AvgIpc) is 2.29. The third kappa shape index (κ3) is 4.40. The lowest BCUT2D eigenvalue weighted by atomic mass is 10.2. The van der Waals surface area contributed by atoms with Gasteiger partial charge in [0.2, 0.25) is 5.91 Å². The van der Waals surface area contributed by atoms with Crippen LogP contribution in [0.4, 0.5) is 5.69 Å². The third-order valence-electron chi connectivity index (χ3n) is 2.13. The monoisotopic (exact) mass is 251 g/mol. The highest BCUT2D eigenvalue weighted by Crippen LogP contribution is 2.05. The quantitative estimate of drug-likeness (QED) is 0.623. The first-order valence-electron chi connectivity index (χ1n) is 5.41. The van der Waals surface area contributed by atoms with Gasteiger partial charge in [-0.05, 0) is 24.4 Å². The van der Waals surface area contributed by atoms with Crippen molar-refractivity contribution in [3.63, 3.8) is 0 Å². The lowest BCUT2D eigenvalue weighted by Crippen LogP contribution is -2.46. The van der Waals surface area contributed by atoms with Crippen LogP contribution >= 0.6 is 12.2 Å². The van der Waals surface area contributed by atoms with Crippen LogP contribution in [0.1, 0.15) is 13.8 Å². The van der Waals surface area contributed by atoms with Crippen LogP contribution in [0.5, 0.6) is 0 Å². The van der Waals surface area contributed by atoms with Crippen LogP contribution in [0.25, 0.3) is 0 Å². The van der Waals surface area contributed by atoms with Crippen LogP contribution in [0.3, 0.4) is 0 Å². The summed E-state index contributed by atoms with van der Waals surface area (Å²) in [7, 11) is 1.71. The van der Waals surface area contributed by atoms with Crippen molar-refractivity contribution >= 4 is 28.9 Å². The maximum absolute atomic E-state index is 11.5. The molecule has 92 valence electrons. The fourth-order valence-electron chi connectivity index (χ4n) is 1.07. The van der Waals surface area contributed by atoms with Crippen LogP contribution in [0.2, 0.25) is 0 Å². The molecule has 0 unspecified atom stereocenters. The molecule has 1 aromatic carbocycles. The molecule has 2 N–H and O–H groups in total. The molecule has 0 atom stereocenters. The molecule has 0 radical (unpaired) electrons. The summed E-state index contributed by atoms with van der Waals surface area (Å²) in [5.41, 5.74) is 3.58. The highest BCUT2D eigenvalue weighted by molar-refractivity contribution is 7.80. The van der Waals surface area contributed by atoms with Gasteiger partial charge in [-0.15, -0.1) is 0 Å². The number of hydrogen-bond acceptors (Lipinski definition) is 2. The molecule has 1 amide bonds. The highest BCUT2D eigenvalue weighted by Gasteiger charge is 2.11. The summed E-state index contributed by atoms with van der Waals surface area (Å²) in [5.74, 6) is -0.137. The van der Waals surface area contributed by atoms with E-state index in [0.717, 1.165) is 5.69 Å². The normalized spacial score (nSPS) is 9.88. The molecule has 0 aliphatic heterocycles. The van der Waals surface area contributed by atoms with E-state index in [-0.39, 0.29) is 11.8 Å². The fourth-order valence-corrected chi connectivity index (χ4v) is 1.24. The van der Waals surface area contributed by atoms with Crippen LogP contribution < -0.4 is 10.7 Å². The summed E-state index contributed by atoms with van der Waals surface area (Å²) >= 11 is 5.16. The zero-order valence-electron chi connectivity index (χ0n) is 10.2. The van der Waals surface area contributed by atoms with Crippen molar-refractivity contribution in [1.29, 1.82) is 0 Å². The van der Waals surface area contributed by atoms with E-state index in [9.17, 15) is 4.79 Å². The van der Waals surface area contributed by atoms with Gasteiger partial charge in [0.05, 0.1) is 0 Å². The Morgan fingerprint density at radius 2 is 1.88 bits per heavy atom. The van der Waals surface area contributed by atoms with Crippen LogP contribution in [0.15, 0.2) is 30.3 Å². The van der Waals surface area contributed by atoms with Gasteiger partial charge in [-0.25, -0.2) is 0 Å². The number of para-hydroxylation sites is 1. The lowest BCUT2D eigenvalue weighted by Gasteiger charge is -2.22. The zero-order valence-corrected chi connectivity index (χ0v) is 11.0. The molecule has 0 aliphatic rings. The Labute approximate surface area is 107 Å². The Kier molecular flexibility index (Phi) is 4.90. The standard InChI is InChI=1S/C12H17N3OS/c1-9(2)11(16)14-15(3)12(17)13-10-7-5-4-6-8-10/h4-9H,1-3H3,(H,13,17)(H,14,16). The largest absolute Gasteiger partial charge is 0.331 e. The van der Waals surface area contributed by atoms with Gasteiger partial charge >= 0.3 is 0 Å². The Bertz CT molecular complexity index is 392. The number of hydrogen-bond donors (Lipinski definition) is 2. The van der Waals surface area contributed by atoms with E-state index in [1.165, 1.54) is 5.01 Å². The second-order valence-electron chi connectivity index (χ2n) is 3.99. The Hall–Kier alpha value is -1.62. The van der Waals surface area contributed by atoms with Gasteiger partial charge in [-0.2, -0.15) is 0 Å². The number of nitrogens with one attached hydrogen (secondary N) is 2. The van der Waals surface area contributed by atoms with E-state index in [4.69, 9.17) is 12.2 Å². The number of rotatable bonds is 2. The first-order chi connectivity index (χ1) is 8.00. The predicted octanol–water partition coefficient (Wildman–Crippen LogP) is 2.00. The summed E-state index contributed by atoms with van der Waals surface area (Å²) in [6.07, 6.45) is 0. The van der Waals surface area contributed by atoms with E-state index in [1.807, 2.05) is 44.2 Å². The summed E-state index contributed by atoms with van der Waals surface area (Å²) in [5, 5.41) is 4.98. The van der Waals surface area contributed by atoms with Crippen molar-refractivity contribution in [2.24, 2.45) is 5.92 Å². The summed E-state index contributed by atoms with van der Waals surface area (Å²) in [6.45, 7) is 3.66. The van der Waals surface area contributed by atoms with E-state index in [0.29, 0.717) is 5.11 Å². The maximum atomic E-state index is 11.5. The average molecular weight is 251 g/mol. The summed E-state index contributed by atoms with van der Waals surface area (Å²) in [6, 6.07) is 9.57. The number of carbonyl (C=O) groups is 1. The number of anilines is 1. The number of hydrazine groups is 1. The van der Waals surface area contributed by atoms with Crippen molar-refractivity contribution in [1.82, 2.24) is 10.4 Å². The van der Waals surface area contributed by atoms with Gasteiger partial charge in [0.15, 0.2) is 5.11 Å². The molecular formula is C12H17N3OS. The minimum absolute atomic E-state index is 0.0651. The first-order valence-corrected chi connectivity index (χ1v) is 5.81. The van der Waals surface area contributed by atoms with E-state index >= 15 is 0 Å². The van der Waals surface area contributed by atoms with Crippen molar-refractivity contribution in [3.05, 3.63) is 30.3 Å². The molecule has 0 bridgehead atoms. The Morgan fingerprint density at radius 3 is 2.41 bits per heavy atom. The Balaban J connectivity index is 2.51. The van der Waals surface area contributed by atoms with Gasteiger partial charge in [0.25, 0.3) is 0 Å². The maximum Gasteiger partial charge on any atom is 0.241 e. The number of benzene rings is 1. The SMILES string of the molecule is CC(C)C(=O)NN(C)C(=S)Nc1ccccc1. The second-order valence-corrected chi connectivity index (χ2v) is 4.37. The second kappa shape index (κ2) is 6.20. The highest BCUT2D eigenvalue weighted by atomic mass is 32.1. The van der Waals surface area contributed by atoms with Crippen molar-refractivity contribution in [3.8, 4) is 0 Å². The topological polar surface area (TPSA) is 44.4 Å². The zero-order chi connectivity index (χ0) is 12.8. The van der Waals surface area contributed by atoms with Crippen LogP contribution in [0, 0.1) is 5.92 Å². The molecule has 0 fully saturated rings. The molecule has 0 heterocycles. The smallest absolute Gasteiger partial charge is 0.241 e. The van der Waals surface area contributed by atoms with Crippen LogP contribution in [-0.2, 0) is 4.79 Å². The molecular weight excluding hydrogens is 234 g/mol. The van der Waals surface area contributed by atoms with E-state index < -0.39 is 0 Å². The van der Waals surface area contributed by atoms with Crippen molar-refractivity contribution < 1.29 is 4.79 Å². The molecule has 4 nitrogen and oxygen atoms in total. The molecule has 17 heavy (non-hydrogen) atoms. The Morgan fingerprint density at radius 1 is 1.29 bits per heavy atom. The number of amides is 1. The molecule has 0 spiro atoms. The molecule has 5 heteroatoms. The van der Waals surface area contributed by atoms with Gasteiger partial charge in [-0.1, -0.05) is 32.0 Å². The fraction of sp³-hybridized carbons (Fsp3) is 0.333. The molecule has 0 aliphatic carbocycles. The minimum Gasteiger partial charge on any atom is -0.331 e. The predicted molar refractivity (Wildman–Crippen MR) is 73.4 cm³/mol. The number of carbonyl (C=O) groups excluding carboxylic acids is 1. The van der Waals surface area contributed by atoms with Crippen molar-refractivity contribution in [2.45, 2.75) is 13.8 Å². The van der Waals surface area contributed by atoms with E-state index in [2.05, 4.69) is 10.7 Å². The molecule has 0 aromatic heterocycles. The van der Waals surface area contributed by atoms with Gasteiger partial charge < -0.3 is 5.32 Å². The van der Waals surface area contributed by atoms with Crippen LogP contribution in [-0.4, -0.2) is 23.1 Å². The first kappa shape index (κ1) is 13.4. The lowest BCUT2D eigenvalue weighted by molar-refractivity contribution is -0.126. The molecule has 1 rings (SSSR count). The summed E-state index contributed by atoms with van der Waals surface area (Å²) in [4.78, 5) is 11.5. The summed E-state index contributed by atoms with van der Waals surface area (Å²) < 4.78 is 0. The van der Waals surface area contributed by atoms with E-state index in [1.54, 1.807) is 7.05 Å². The number of thiocarbonyl (C=S) groups is 1.